The number of nitrogens with zero attached hydrogens (tertiary/aromatic N) is 1. The minimum Gasteiger partial charge on any atom is -0.455 e. The van der Waals surface area contributed by atoms with Crippen LogP contribution in [0.3, 0.4) is 0 Å². The van der Waals surface area contributed by atoms with Crippen LogP contribution in [0, 0.1) is 11.8 Å². The second-order valence-electron chi connectivity index (χ2n) is 11.0. The maximum Gasteiger partial charge on any atom is 0.406 e. The fourth-order valence-electron chi connectivity index (χ4n) is 6.20. The first-order chi connectivity index (χ1) is 19.3. The number of carbonyl (C=O) groups excluding carboxylic acids is 2. The third-order valence-corrected chi connectivity index (χ3v) is 8.72. The Morgan fingerprint density at radius 1 is 1.18 bits per heavy atom. The number of carbonyl (C=O) groups is 2. The van der Waals surface area contributed by atoms with Crippen molar-refractivity contribution < 1.29 is 24.2 Å². The minimum atomic E-state index is -1.36. The lowest BCUT2D eigenvalue weighted by Crippen LogP contribution is -2.49. The number of piperidine rings is 1. The smallest absolute Gasteiger partial charge is 0.406 e. The quantitative estimate of drug-likeness (QED) is 0.330. The van der Waals surface area contributed by atoms with Crippen molar-refractivity contribution in [3.05, 3.63) is 58.6 Å². The molecule has 1 saturated heterocycles. The van der Waals surface area contributed by atoms with Crippen molar-refractivity contribution in [2.24, 2.45) is 17.6 Å². The van der Waals surface area contributed by atoms with Crippen molar-refractivity contribution in [2.75, 3.05) is 26.7 Å². The Kier molecular flexibility index (Phi) is 10.3. The Balaban J connectivity index is 1.66. The van der Waals surface area contributed by atoms with E-state index in [-0.39, 0.29) is 23.8 Å². The third-order valence-electron chi connectivity index (χ3n) is 8.42. The molecular weight excluding hydrogens is 530 g/mol. The number of methoxy groups -OCH3 is 1. The molecule has 2 aromatic carbocycles. The number of ether oxygens (including phenoxy) is 2. The monoisotopic (exact) mass is 571 g/mol. The van der Waals surface area contributed by atoms with E-state index in [4.69, 9.17) is 26.8 Å². The Hall–Kier alpha value is -2.81. The highest BCUT2D eigenvalue weighted by molar-refractivity contribution is 6.32. The van der Waals surface area contributed by atoms with E-state index in [9.17, 15) is 14.7 Å². The molecule has 2 aliphatic rings. The Bertz CT molecular complexity index is 1180. The van der Waals surface area contributed by atoms with E-state index in [2.05, 4.69) is 12.2 Å². The number of nitrogens with two attached hydrogens (primary N) is 1. The van der Waals surface area contributed by atoms with Gasteiger partial charge in [-0.2, -0.15) is 0 Å². The highest BCUT2D eigenvalue weighted by atomic mass is 35.5. The van der Waals surface area contributed by atoms with Crippen LogP contribution in [0.25, 0.3) is 0 Å². The van der Waals surface area contributed by atoms with Gasteiger partial charge in [-0.25, -0.2) is 4.79 Å². The van der Waals surface area contributed by atoms with Crippen LogP contribution in [0.4, 0.5) is 4.79 Å². The van der Waals surface area contributed by atoms with Crippen LogP contribution >= 0.6 is 11.6 Å². The van der Waals surface area contributed by atoms with Gasteiger partial charge in [0, 0.05) is 43.1 Å². The summed E-state index contributed by atoms with van der Waals surface area (Å²) in [6.45, 7) is 3.50. The van der Waals surface area contributed by atoms with Crippen LogP contribution in [-0.4, -0.2) is 54.8 Å². The van der Waals surface area contributed by atoms with Gasteiger partial charge in [-0.3, -0.25) is 4.79 Å². The first-order valence-corrected chi connectivity index (χ1v) is 14.8. The maximum atomic E-state index is 13.4. The van der Waals surface area contributed by atoms with Crippen molar-refractivity contribution in [3.8, 4) is 11.5 Å². The number of hydrogen-bond donors (Lipinski definition) is 3. The maximum absolute atomic E-state index is 13.4. The van der Waals surface area contributed by atoms with Gasteiger partial charge in [0.15, 0.2) is 5.75 Å². The lowest BCUT2D eigenvalue weighted by atomic mass is 9.73. The molecule has 2 amide bonds. The summed E-state index contributed by atoms with van der Waals surface area (Å²) in [7, 11) is 1.32. The molecule has 8 nitrogen and oxygen atoms in total. The van der Waals surface area contributed by atoms with Gasteiger partial charge in [-0.15, -0.1) is 0 Å². The first kappa shape index (κ1) is 30.2. The van der Waals surface area contributed by atoms with Crippen LogP contribution in [0.1, 0.15) is 63.0 Å². The molecule has 1 aliphatic heterocycles. The molecule has 0 bridgehead atoms. The summed E-state index contributed by atoms with van der Waals surface area (Å²) < 4.78 is 11.2. The summed E-state index contributed by atoms with van der Waals surface area (Å²) in [6.07, 6.45) is 5.02. The minimum absolute atomic E-state index is 0.0540. The number of halogens is 1. The van der Waals surface area contributed by atoms with E-state index >= 15 is 0 Å². The number of rotatable bonds is 10. The van der Waals surface area contributed by atoms with Gasteiger partial charge in [0.1, 0.15) is 5.75 Å². The van der Waals surface area contributed by atoms with Gasteiger partial charge >= 0.3 is 6.09 Å². The van der Waals surface area contributed by atoms with Crippen molar-refractivity contribution in [2.45, 2.75) is 69.9 Å². The standard InChI is InChI=1S/C31H42ClN3O5/c1-3-21-9-4-5-13-27(21)40-28-25(11-6-12-26(28)32)31(38,16-8-17-34-30(37)39-2)23-10-7-18-35(20-23)29(36)22-14-15-24(33)19-22/h4-6,9,11-13,22-24,38H,3,7-8,10,14-20,33H2,1-2H3,(H,34,37). The van der Waals surface area contributed by atoms with Gasteiger partial charge in [-0.05, 0) is 69.1 Å². The van der Waals surface area contributed by atoms with E-state index in [0.29, 0.717) is 61.0 Å². The normalized spacial score (nSPS) is 22.4. The molecule has 1 aliphatic carbocycles. The van der Waals surface area contributed by atoms with E-state index in [1.807, 2.05) is 41.3 Å². The van der Waals surface area contributed by atoms with Gasteiger partial charge in [-0.1, -0.05) is 48.9 Å². The number of nitrogens with one attached hydrogen (secondary N) is 1. The largest absolute Gasteiger partial charge is 0.455 e. The molecule has 218 valence electrons. The van der Waals surface area contributed by atoms with Crippen molar-refractivity contribution in [3.63, 3.8) is 0 Å². The Labute approximate surface area is 242 Å². The van der Waals surface area contributed by atoms with Crippen LogP contribution in [0.15, 0.2) is 42.5 Å². The highest BCUT2D eigenvalue weighted by Gasteiger charge is 2.44. The number of amides is 2. The molecule has 4 rings (SSSR count). The zero-order valence-corrected chi connectivity index (χ0v) is 24.3. The molecule has 1 saturated carbocycles. The third kappa shape index (κ3) is 6.90. The zero-order valence-electron chi connectivity index (χ0n) is 23.5. The van der Waals surface area contributed by atoms with Crippen molar-refractivity contribution >= 4 is 23.6 Å². The van der Waals surface area contributed by atoms with Gasteiger partial charge in [0.05, 0.1) is 17.7 Å². The molecule has 2 fully saturated rings. The lowest BCUT2D eigenvalue weighted by molar-refractivity contribution is -0.141. The van der Waals surface area contributed by atoms with Crippen LogP contribution in [0.2, 0.25) is 5.02 Å². The number of alkyl carbamates (subject to hydrolysis) is 1. The number of likely N-dealkylation sites (tertiary alicyclic amines) is 1. The zero-order chi connectivity index (χ0) is 28.7. The van der Waals surface area contributed by atoms with Crippen LogP contribution in [-0.2, 0) is 21.6 Å². The average Bonchev–Trinajstić information content (AvgIpc) is 3.42. The molecule has 2 aromatic rings. The molecule has 1 heterocycles. The molecule has 0 spiro atoms. The topological polar surface area (TPSA) is 114 Å². The lowest BCUT2D eigenvalue weighted by Gasteiger charge is -2.44. The van der Waals surface area contributed by atoms with Gasteiger partial charge in [0.2, 0.25) is 5.91 Å². The molecule has 4 atom stereocenters. The number of hydrogen-bond acceptors (Lipinski definition) is 6. The number of aliphatic hydroxyl groups is 1. The van der Waals surface area contributed by atoms with Crippen molar-refractivity contribution in [1.29, 1.82) is 0 Å². The number of benzene rings is 2. The molecular formula is C31H42ClN3O5. The molecule has 9 heteroatoms. The van der Waals surface area contributed by atoms with E-state index in [1.54, 1.807) is 6.07 Å². The van der Waals surface area contributed by atoms with Crippen LogP contribution in [0.5, 0.6) is 11.5 Å². The molecule has 4 N–H and O–H groups in total. The summed E-state index contributed by atoms with van der Waals surface area (Å²) in [5.74, 6) is 0.930. The molecule has 0 radical (unpaired) electrons. The summed E-state index contributed by atoms with van der Waals surface area (Å²) in [6, 6.07) is 13.3. The Morgan fingerprint density at radius 3 is 2.70 bits per heavy atom. The van der Waals surface area contributed by atoms with Crippen LogP contribution < -0.4 is 15.8 Å². The molecule has 40 heavy (non-hydrogen) atoms. The van der Waals surface area contributed by atoms with Crippen molar-refractivity contribution in [1.82, 2.24) is 10.2 Å². The SMILES string of the molecule is CCc1ccccc1Oc1c(Cl)cccc1C(O)(CCCNC(=O)OC)C1CCCN(C(=O)C2CCC(N)C2)C1. The first-order valence-electron chi connectivity index (χ1n) is 14.4. The average molecular weight is 572 g/mol. The number of aryl methyl sites for hydroxylation is 1. The fraction of sp³-hybridized carbons (Fsp3) is 0.548. The predicted molar refractivity (Wildman–Crippen MR) is 156 cm³/mol. The summed E-state index contributed by atoms with van der Waals surface area (Å²) >= 11 is 6.73. The Morgan fingerprint density at radius 2 is 1.98 bits per heavy atom. The summed E-state index contributed by atoms with van der Waals surface area (Å²) in [4.78, 5) is 27.0. The molecule has 0 aromatic heterocycles. The summed E-state index contributed by atoms with van der Waals surface area (Å²) in [5.41, 5.74) is 6.37. The predicted octanol–water partition coefficient (Wildman–Crippen LogP) is 5.38. The van der Waals surface area contributed by atoms with E-state index in [0.717, 1.165) is 37.7 Å². The number of para-hydroxylation sites is 2. The van der Waals surface area contributed by atoms with Gasteiger partial charge < -0.3 is 30.5 Å². The van der Waals surface area contributed by atoms with Gasteiger partial charge in [0.25, 0.3) is 0 Å². The highest BCUT2D eigenvalue weighted by Crippen LogP contribution is 2.47. The second kappa shape index (κ2) is 13.7. The van der Waals surface area contributed by atoms with E-state index < -0.39 is 11.7 Å². The van der Waals surface area contributed by atoms with E-state index in [1.165, 1.54) is 7.11 Å². The summed E-state index contributed by atoms with van der Waals surface area (Å²) in [5, 5.41) is 15.7. The molecule has 4 unspecified atom stereocenters. The second-order valence-corrected chi connectivity index (χ2v) is 11.4. The fourth-order valence-corrected chi connectivity index (χ4v) is 6.42.